The molecule has 0 aliphatic heterocycles. The Morgan fingerprint density at radius 2 is 1.50 bits per heavy atom. The quantitative estimate of drug-likeness (QED) is 0.621. The predicted molar refractivity (Wildman–Crippen MR) is 80.1 cm³/mol. The molecule has 0 heterocycles. The summed E-state index contributed by atoms with van der Waals surface area (Å²) in [6, 6.07) is 15.6. The van der Waals surface area contributed by atoms with E-state index in [0.29, 0.717) is 0 Å². The van der Waals surface area contributed by atoms with Gasteiger partial charge >= 0.3 is 0 Å². The van der Waals surface area contributed by atoms with Crippen molar-refractivity contribution in [2.24, 2.45) is 0 Å². The third-order valence-corrected chi connectivity index (χ3v) is 3.56. The van der Waals surface area contributed by atoms with Gasteiger partial charge in [-0.3, -0.25) is 0 Å². The van der Waals surface area contributed by atoms with Gasteiger partial charge in [0.25, 0.3) is 0 Å². The lowest BCUT2D eigenvalue weighted by atomic mass is 9.93. The van der Waals surface area contributed by atoms with Crippen molar-refractivity contribution in [3.8, 4) is 5.75 Å². The van der Waals surface area contributed by atoms with Crippen LogP contribution in [0.2, 0.25) is 0 Å². The van der Waals surface area contributed by atoms with E-state index >= 15 is 0 Å². The van der Waals surface area contributed by atoms with E-state index in [1.165, 1.54) is 0 Å². The van der Waals surface area contributed by atoms with E-state index in [-0.39, 0.29) is 5.92 Å². The van der Waals surface area contributed by atoms with Gasteiger partial charge in [-0.2, -0.15) is 0 Å². The van der Waals surface area contributed by atoms with Crippen molar-refractivity contribution >= 4 is 28.9 Å². The zero-order chi connectivity index (χ0) is 13.0. The van der Waals surface area contributed by atoms with Crippen molar-refractivity contribution in [2.45, 2.75) is 5.92 Å². The summed E-state index contributed by atoms with van der Waals surface area (Å²) in [5.74, 6) is 0.582. The Labute approximate surface area is 120 Å². The summed E-state index contributed by atoms with van der Waals surface area (Å²) in [4.78, 5) is 11.3. The zero-order valence-corrected chi connectivity index (χ0v) is 12.1. The van der Waals surface area contributed by atoms with Crippen LogP contribution >= 0.6 is 22.6 Å². The van der Waals surface area contributed by atoms with Crippen molar-refractivity contribution in [3.63, 3.8) is 0 Å². The van der Waals surface area contributed by atoms with Crippen LogP contribution < -0.4 is 4.74 Å². The lowest BCUT2D eigenvalue weighted by Gasteiger charge is -2.12. The van der Waals surface area contributed by atoms with E-state index in [9.17, 15) is 4.79 Å². The number of rotatable bonds is 4. The number of benzene rings is 2. The van der Waals surface area contributed by atoms with Gasteiger partial charge in [0.1, 0.15) is 12.0 Å². The summed E-state index contributed by atoms with van der Waals surface area (Å²) in [7, 11) is 1.63. The minimum Gasteiger partial charge on any atom is -0.497 e. The normalized spacial score (nSPS) is 11.9. The molecule has 0 aliphatic carbocycles. The molecule has 1 unspecified atom stereocenters. The highest BCUT2D eigenvalue weighted by atomic mass is 127. The van der Waals surface area contributed by atoms with Crippen LogP contribution in [0.5, 0.6) is 5.75 Å². The Kier molecular flexibility index (Phi) is 4.36. The van der Waals surface area contributed by atoms with Crippen LogP contribution in [0, 0.1) is 3.57 Å². The number of halogens is 1. The van der Waals surface area contributed by atoms with E-state index in [1.54, 1.807) is 7.11 Å². The second-order valence-electron chi connectivity index (χ2n) is 3.94. The first-order valence-electron chi connectivity index (χ1n) is 5.59. The number of ether oxygens (including phenoxy) is 1. The summed E-state index contributed by atoms with van der Waals surface area (Å²) >= 11 is 2.25. The molecule has 92 valence electrons. The summed E-state index contributed by atoms with van der Waals surface area (Å²) in [6.45, 7) is 0. The smallest absolute Gasteiger partial charge is 0.131 e. The molecule has 1 atom stereocenters. The van der Waals surface area contributed by atoms with Crippen LogP contribution in [0.25, 0.3) is 0 Å². The van der Waals surface area contributed by atoms with Gasteiger partial charge in [-0.1, -0.05) is 24.3 Å². The molecule has 0 spiro atoms. The van der Waals surface area contributed by atoms with E-state index in [4.69, 9.17) is 4.74 Å². The number of aldehydes is 1. The summed E-state index contributed by atoms with van der Waals surface area (Å²) < 4.78 is 6.28. The fourth-order valence-electron chi connectivity index (χ4n) is 1.83. The predicted octanol–water partition coefficient (Wildman–Crippen LogP) is 3.63. The standard InChI is InChI=1S/C15H13IO2/c1-18-14-8-4-12(5-9-14)15(10-17)11-2-6-13(16)7-3-11/h2-10,15H,1H3. The number of hydrogen-bond donors (Lipinski definition) is 0. The largest absolute Gasteiger partial charge is 0.497 e. The van der Waals surface area contributed by atoms with Gasteiger partial charge in [-0.05, 0) is 58.0 Å². The molecule has 0 amide bonds. The number of hydrogen-bond acceptors (Lipinski definition) is 2. The van der Waals surface area contributed by atoms with Gasteiger partial charge in [0.15, 0.2) is 0 Å². The molecule has 0 aromatic heterocycles. The average molecular weight is 352 g/mol. The summed E-state index contributed by atoms with van der Waals surface area (Å²) in [6.07, 6.45) is 0.976. The Hall–Kier alpha value is -1.36. The fraction of sp³-hybridized carbons (Fsp3) is 0.133. The molecular weight excluding hydrogens is 339 g/mol. The van der Waals surface area contributed by atoms with Crippen LogP contribution in [-0.2, 0) is 4.79 Å². The first-order valence-corrected chi connectivity index (χ1v) is 6.67. The first kappa shape index (κ1) is 13.1. The molecule has 0 radical (unpaired) electrons. The van der Waals surface area contributed by atoms with E-state index < -0.39 is 0 Å². The van der Waals surface area contributed by atoms with Crippen LogP contribution in [0.1, 0.15) is 17.0 Å². The molecule has 2 aromatic carbocycles. The SMILES string of the molecule is COc1ccc(C(C=O)c2ccc(I)cc2)cc1. The van der Waals surface area contributed by atoms with Crippen LogP contribution in [-0.4, -0.2) is 13.4 Å². The van der Waals surface area contributed by atoms with Crippen LogP contribution in [0.4, 0.5) is 0 Å². The third-order valence-electron chi connectivity index (χ3n) is 2.84. The molecule has 0 bridgehead atoms. The van der Waals surface area contributed by atoms with Gasteiger partial charge in [-0.15, -0.1) is 0 Å². The van der Waals surface area contributed by atoms with Crippen molar-refractivity contribution in [1.29, 1.82) is 0 Å². The zero-order valence-electron chi connectivity index (χ0n) is 9.97. The molecule has 0 saturated carbocycles. The molecule has 3 heteroatoms. The topological polar surface area (TPSA) is 26.3 Å². The molecule has 0 saturated heterocycles. The van der Waals surface area contributed by atoms with Gasteiger partial charge in [0.2, 0.25) is 0 Å². The number of methoxy groups -OCH3 is 1. The summed E-state index contributed by atoms with van der Waals surface area (Å²) in [5.41, 5.74) is 1.99. The van der Waals surface area contributed by atoms with Crippen LogP contribution in [0.3, 0.4) is 0 Å². The fourth-order valence-corrected chi connectivity index (χ4v) is 2.19. The molecule has 2 nitrogen and oxygen atoms in total. The molecular formula is C15H13IO2. The minimum atomic E-state index is -0.215. The summed E-state index contributed by atoms with van der Waals surface area (Å²) in [5, 5.41) is 0. The monoisotopic (exact) mass is 352 g/mol. The van der Waals surface area contributed by atoms with Gasteiger partial charge in [0.05, 0.1) is 13.0 Å². The van der Waals surface area contributed by atoms with Crippen molar-refractivity contribution in [3.05, 3.63) is 63.2 Å². The highest BCUT2D eigenvalue weighted by Crippen LogP contribution is 2.25. The first-order chi connectivity index (χ1) is 8.74. The lowest BCUT2D eigenvalue weighted by Crippen LogP contribution is -2.02. The van der Waals surface area contributed by atoms with E-state index in [2.05, 4.69) is 22.6 Å². The van der Waals surface area contributed by atoms with Crippen LogP contribution in [0.15, 0.2) is 48.5 Å². The number of carbonyl (C=O) groups is 1. The van der Waals surface area contributed by atoms with E-state index in [0.717, 1.165) is 26.7 Å². The van der Waals surface area contributed by atoms with Gasteiger partial charge in [0, 0.05) is 3.57 Å². The molecule has 2 aromatic rings. The maximum atomic E-state index is 11.3. The Balaban J connectivity index is 2.32. The Bertz CT molecular complexity index is 517. The van der Waals surface area contributed by atoms with Crippen molar-refractivity contribution < 1.29 is 9.53 Å². The van der Waals surface area contributed by atoms with Gasteiger partial charge < -0.3 is 9.53 Å². The van der Waals surface area contributed by atoms with Crippen molar-refractivity contribution in [1.82, 2.24) is 0 Å². The second-order valence-corrected chi connectivity index (χ2v) is 5.18. The molecule has 0 N–H and O–H groups in total. The van der Waals surface area contributed by atoms with E-state index in [1.807, 2.05) is 48.5 Å². The minimum absolute atomic E-state index is 0.215. The third kappa shape index (κ3) is 2.90. The maximum absolute atomic E-state index is 11.3. The Morgan fingerprint density at radius 1 is 1.00 bits per heavy atom. The molecule has 0 aliphatic rings. The Morgan fingerprint density at radius 3 is 1.94 bits per heavy atom. The highest BCUT2D eigenvalue weighted by Gasteiger charge is 2.12. The maximum Gasteiger partial charge on any atom is 0.131 e. The number of carbonyl (C=O) groups excluding carboxylic acids is 1. The molecule has 2 rings (SSSR count). The average Bonchev–Trinajstić information content (AvgIpc) is 2.42. The highest BCUT2D eigenvalue weighted by molar-refractivity contribution is 14.1. The second kappa shape index (κ2) is 6.00. The molecule has 18 heavy (non-hydrogen) atoms. The lowest BCUT2D eigenvalue weighted by molar-refractivity contribution is -0.108. The van der Waals surface area contributed by atoms with Gasteiger partial charge in [-0.25, -0.2) is 0 Å². The van der Waals surface area contributed by atoms with Crippen molar-refractivity contribution in [2.75, 3.05) is 7.11 Å². The molecule has 0 fully saturated rings.